The van der Waals surface area contributed by atoms with E-state index in [0.29, 0.717) is 5.56 Å². The third-order valence-electron chi connectivity index (χ3n) is 3.70. The molecule has 0 aliphatic rings. The van der Waals surface area contributed by atoms with Gasteiger partial charge in [-0.3, -0.25) is 14.9 Å². The molecule has 0 atom stereocenters. The molecule has 1 N–H and O–H groups in total. The Hall–Kier alpha value is -2.20. The van der Waals surface area contributed by atoms with Gasteiger partial charge in [0.2, 0.25) is 10.0 Å². The number of anilines is 1. The fourth-order valence-corrected chi connectivity index (χ4v) is 3.87. The maximum Gasteiger partial charge on any atom is 0.271 e. The fourth-order valence-electron chi connectivity index (χ4n) is 2.15. The molecule has 144 valence electrons. The number of nitro benzene ring substituents is 1. The van der Waals surface area contributed by atoms with E-state index >= 15 is 0 Å². The molecule has 0 bridgehead atoms. The van der Waals surface area contributed by atoms with Crippen molar-refractivity contribution in [3.63, 3.8) is 0 Å². The molecule has 0 unspecified atom stereocenters. The maximum atomic E-state index is 12.6. The zero-order valence-corrected chi connectivity index (χ0v) is 16.8. The first-order valence-electron chi connectivity index (χ1n) is 7.43. The number of amides is 1. The molecule has 8 nitrogen and oxygen atoms in total. The standard InChI is InChI=1S/C16H15Cl2N3O5S/c1-9-4-5-10(21(23)24)6-14(9)19-16(22)11-7-15(13(18)8-12(11)17)27(25,26)20(2)3/h4-8H,1-3H3,(H,19,22). The number of sulfonamides is 1. The lowest BCUT2D eigenvalue weighted by molar-refractivity contribution is -0.384. The quantitative estimate of drug-likeness (QED) is 0.572. The number of hydrogen-bond donors (Lipinski definition) is 1. The van der Waals surface area contributed by atoms with Crippen molar-refractivity contribution in [2.45, 2.75) is 11.8 Å². The van der Waals surface area contributed by atoms with Crippen LogP contribution in [0.4, 0.5) is 11.4 Å². The van der Waals surface area contributed by atoms with E-state index in [2.05, 4.69) is 5.32 Å². The molecular formula is C16H15Cl2N3O5S. The minimum Gasteiger partial charge on any atom is -0.321 e. The first-order chi connectivity index (χ1) is 12.4. The Labute approximate surface area is 165 Å². The molecule has 0 aliphatic heterocycles. The van der Waals surface area contributed by atoms with Crippen LogP contribution in [0.2, 0.25) is 10.0 Å². The average Bonchev–Trinajstić information content (AvgIpc) is 2.56. The maximum absolute atomic E-state index is 12.6. The summed E-state index contributed by atoms with van der Waals surface area (Å²) in [5.74, 6) is -0.726. The highest BCUT2D eigenvalue weighted by Gasteiger charge is 2.25. The number of nitro groups is 1. The number of nitrogens with one attached hydrogen (secondary N) is 1. The van der Waals surface area contributed by atoms with Gasteiger partial charge in [0, 0.05) is 26.2 Å². The van der Waals surface area contributed by atoms with E-state index in [1.54, 1.807) is 6.92 Å². The number of rotatable bonds is 5. The zero-order chi connectivity index (χ0) is 20.5. The van der Waals surface area contributed by atoms with Crippen molar-refractivity contribution in [3.8, 4) is 0 Å². The van der Waals surface area contributed by atoms with Crippen LogP contribution >= 0.6 is 23.2 Å². The van der Waals surface area contributed by atoms with E-state index in [-0.39, 0.29) is 31.9 Å². The normalized spacial score (nSPS) is 11.5. The Balaban J connectivity index is 2.49. The summed E-state index contributed by atoms with van der Waals surface area (Å²) in [6.07, 6.45) is 0. The van der Waals surface area contributed by atoms with Crippen molar-refractivity contribution < 1.29 is 18.1 Å². The van der Waals surface area contributed by atoms with Gasteiger partial charge in [-0.05, 0) is 24.6 Å². The van der Waals surface area contributed by atoms with E-state index in [1.165, 1.54) is 32.3 Å². The van der Waals surface area contributed by atoms with Gasteiger partial charge in [-0.2, -0.15) is 0 Å². The lowest BCUT2D eigenvalue weighted by atomic mass is 10.1. The summed E-state index contributed by atoms with van der Waals surface area (Å²) in [6.45, 7) is 1.66. The number of non-ortho nitro benzene ring substituents is 1. The molecule has 11 heteroatoms. The topological polar surface area (TPSA) is 110 Å². The van der Waals surface area contributed by atoms with Crippen molar-refractivity contribution in [2.75, 3.05) is 19.4 Å². The second-order valence-corrected chi connectivity index (χ2v) is 8.70. The number of carbonyl (C=O) groups excluding carboxylic acids is 1. The van der Waals surface area contributed by atoms with Crippen LogP contribution < -0.4 is 5.32 Å². The number of halogens is 2. The van der Waals surface area contributed by atoms with Gasteiger partial charge in [-0.15, -0.1) is 0 Å². The molecule has 0 saturated heterocycles. The predicted octanol–water partition coefficient (Wildman–Crippen LogP) is 3.71. The first-order valence-corrected chi connectivity index (χ1v) is 9.62. The van der Waals surface area contributed by atoms with Gasteiger partial charge in [0.15, 0.2) is 0 Å². The molecular weight excluding hydrogens is 417 g/mol. The lowest BCUT2D eigenvalue weighted by Crippen LogP contribution is -2.23. The monoisotopic (exact) mass is 431 g/mol. The van der Waals surface area contributed by atoms with Crippen LogP contribution in [0.25, 0.3) is 0 Å². The van der Waals surface area contributed by atoms with Crippen molar-refractivity contribution in [1.82, 2.24) is 4.31 Å². The molecule has 0 aromatic heterocycles. The predicted molar refractivity (Wildman–Crippen MR) is 103 cm³/mol. The molecule has 0 saturated carbocycles. The fraction of sp³-hybridized carbons (Fsp3) is 0.188. The van der Waals surface area contributed by atoms with E-state index in [0.717, 1.165) is 16.4 Å². The third-order valence-corrected chi connectivity index (χ3v) is 6.30. The SMILES string of the molecule is Cc1ccc([N+](=O)[O-])cc1NC(=O)c1cc(S(=O)(=O)N(C)C)c(Cl)cc1Cl. The van der Waals surface area contributed by atoms with Crippen LogP contribution in [0.1, 0.15) is 15.9 Å². The van der Waals surface area contributed by atoms with Crippen molar-refractivity contribution >= 4 is 50.5 Å². The Bertz CT molecular complexity index is 1040. The molecule has 0 aliphatic carbocycles. The second-order valence-electron chi connectivity index (χ2n) is 5.76. The Morgan fingerprint density at radius 1 is 1.15 bits per heavy atom. The summed E-state index contributed by atoms with van der Waals surface area (Å²) in [7, 11) is -1.25. The molecule has 2 aromatic carbocycles. The number of aryl methyl sites for hydroxylation is 1. The van der Waals surface area contributed by atoms with Crippen LogP contribution in [0.5, 0.6) is 0 Å². The van der Waals surface area contributed by atoms with Gasteiger partial charge in [-0.1, -0.05) is 29.3 Å². The molecule has 0 spiro atoms. The molecule has 0 radical (unpaired) electrons. The smallest absolute Gasteiger partial charge is 0.271 e. The van der Waals surface area contributed by atoms with E-state index in [4.69, 9.17) is 23.2 Å². The summed E-state index contributed by atoms with van der Waals surface area (Å²) in [5, 5.41) is 13.2. The van der Waals surface area contributed by atoms with Gasteiger partial charge >= 0.3 is 0 Å². The number of hydrogen-bond acceptors (Lipinski definition) is 5. The van der Waals surface area contributed by atoms with Gasteiger partial charge < -0.3 is 5.32 Å². The van der Waals surface area contributed by atoms with Gasteiger partial charge in [-0.25, -0.2) is 12.7 Å². The van der Waals surface area contributed by atoms with Crippen LogP contribution in [-0.4, -0.2) is 37.6 Å². The van der Waals surface area contributed by atoms with Crippen molar-refractivity contribution in [1.29, 1.82) is 0 Å². The Morgan fingerprint density at radius 3 is 2.33 bits per heavy atom. The minimum atomic E-state index is -3.91. The van der Waals surface area contributed by atoms with Gasteiger partial charge in [0.25, 0.3) is 11.6 Å². The third kappa shape index (κ3) is 4.38. The van der Waals surface area contributed by atoms with Gasteiger partial charge in [0.05, 0.1) is 26.2 Å². The second kappa shape index (κ2) is 7.81. The Morgan fingerprint density at radius 2 is 1.78 bits per heavy atom. The van der Waals surface area contributed by atoms with E-state index < -0.39 is 20.9 Å². The summed E-state index contributed by atoms with van der Waals surface area (Å²) in [5.41, 5.74) is 0.457. The molecule has 0 heterocycles. The number of nitrogens with zero attached hydrogens (tertiary/aromatic N) is 2. The summed E-state index contributed by atoms with van der Waals surface area (Å²) >= 11 is 12.0. The van der Waals surface area contributed by atoms with Crippen molar-refractivity contribution in [3.05, 3.63) is 61.6 Å². The summed E-state index contributed by atoms with van der Waals surface area (Å²) in [6, 6.07) is 6.23. The minimum absolute atomic E-state index is 0.0571. The Kier molecular flexibility index (Phi) is 6.10. The van der Waals surface area contributed by atoms with Gasteiger partial charge in [0.1, 0.15) is 4.90 Å². The van der Waals surface area contributed by atoms with Crippen molar-refractivity contribution in [2.24, 2.45) is 0 Å². The largest absolute Gasteiger partial charge is 0.321 e. The van der Waals surface area contributed by atoms with E-state index in [1.807, 2.05) is 0 Å². The summed E-state index contributed by atoms with van der Waals surface area (Å²) in [4.78, 5) is 22.7. The zero-order valence-electron chi connectivity index (χ0n) is 14.5. The van der Waals surface area contributed by atoms with E-state index in [9.17, 15) is 23.3 Å². The molecule has 27 heavy (non-hydrogen) atoms. The lowest BCUT2D eigenvalue weighted by Gasteiger charge is -2.15. The highest BCUT2D eigenvalue weighted by molar-refractivity contribution is 7.89. The number of carbonyl (C=O) groups is 1. The average molecular weight is 432 g/mol. The highest BCUT2D eigenvalue weighted by atomic mass is 35.5. The molecule has 1 amide bonds. The highest BCUT2D eigenvalue weighted by Crippen LogP contribution is 2.31. The van der Waals surface area contributed by atoms with Crippen LogP contribution in [0, 0.1) is 17.0 Å². The first kappa shape index (κ1) is 21.1. The number of benzene rings is 2. The van der Waals surface area contributed by atoms with Crippen LogP contribution in [0.15, 0.2) is 35.2 Å². The molecule has 2 rings (SSSR count). The van der Waals surface area contributed by atoms with Crippen LogP contribution in [-0.2, 0) is 10.0 Å². The summed E-state index contributed by atoms with van der Waals surface area (Å²) < 4.78 is 25.7. The molecule has 2 aromatic rings. The van der Waals surface area contributed by atoms with Crippen LogP contribution in [0.3, 0.4) is 0 Å². The molecule has 0 fully saturated rings.